The Kier molecular flexibility index (Phi) is 5.86. The molecule has 0 radical (unpaired) electrons. The van der Waals surface area contributed by atoms with Crippen molar-refractivity contribution in [2.24, 2.45) is 0 Å². The molecule has 35 heavy (non-hydrogen) atoms. The summed E-state index contributed by atoms with van der Waals surface area (Å²) in [7, 11) is 0. The molecule has 1 aromatic heterocycles. The number of furan rings is 1. The van der Waals surface area contributed by atoms with Crippen molar-refractivity contribution in [1.82, 2.24) is 0 Å². The van der Waals surface area contributed by atoms with E-state index in [1.807, 2.05) is 48.5 Å². The van der Waals surface area contributed by atoms with Gasteiger partial charge in [-0.1, -0.05) is 60.1 Å². The van der Waals surface area contributed by atoms with E-state index in [1.165, 1.54) is 6.07 Å². The van der Waals surface area contributed by atoms with E-state index in [-0.39, 0.29) is 12.3 Å². The van der Waals surface area contributed by atoms with Crippen LogP contribution in [0, 0.1) is 0 Å². The lowest BCUT2D eigenvalue weighted by atomic mass is 10.0. The molecule has 176 valence electrons. The van der Waals surface area contributed by atoms with E-state index in [1.54, 1.807) is 18.2 Å². The van der Waals surface area contributed by atoms with Gasteiger partial charge < -0.3 is 14.5 Å². The van der Waals surface area contributed by atoms with Crippen LogP contribution in [0.2, 0.25) is 5.02 Å². The second-order valence-corrected chi connectivity index (χ2v) is 8.24. The third-order valence-corrected chi connectivity index (χ3v) is 5.80. The highest BCUT2D eigenvalue weighted by Gasteiger charge is 2.33. The highest BCUT2D eigenvalue weighted by atomic mass is 35.5. The summed E-state index contributed by atoms with van der Waals surface area (Å²) >= 11 is 5.62. The summed E-state index contributed by atoms with van der Waals surface area (Å²) in [6.45, 7) is -0.387. The van der Waals surface area contributed by atoms with Crippen LogP contribution in [0.3, 0.4) is 0 Å². The number of carbonyl (C=O) groups is 1. The Labute approximate surface area is 202 Å². The van der Waals surface area contributed by atoms with Crippen molar-refractivity contribution in [3.8, 4) is 16.9 Å². The molecule has 0 aliphatic carbocycles. The summed E-state index contributed by atoms with van der Waals surface area (Å²) < 4.78 is 50.8. The lowest BCUT2D eigenvalue weighted by Crippen LogP contribution is -2.20. The zero-order chi connectivity index (χ0) is 24.6. The molecular weight excluding hydrogens is 479 g/mol. The van der Waals surface area contributed by atoms with Gasteiger partial charge in [-0.3, -0.25) is 4.79 Å². The second-order valence-electron chi connectivity index (χ2n) is 7.84. The molecule has 0 saturated heterocycles. The van der Waals surface area contributed by atoms with E-state index in [0.717, 1.165) is 45.2 Å². The summed E-state index contributed by atoms with van der Waals surface area (Å²) in [5.41, 5.74) is 2.18. The van der Waals surface area contributed by atoms with Gasteiger partial charge in [0, 0.05) is 22.0 Å². The van der Waals surface area contributed by atoms with Crippen molar-refractivity contribution < 1.29 is 27.1 Å². The molecule has 0 saturated carbocycles. The summed E-state index contributed by atoms with van der Waals surface area (Å²) in [6, 6.07) is 24.0. The van der Waals surface area contributed by atoms with E-state index >= 15 is 0 Å². The lowest BCUT2D eigenvalue weighted by molar-refractivity contribution is -0.137. The normalized spacial score (nSPS) is 11.7. The van der Waals surface area contributed by atoms with Crippen LogP contribution in [0.1, 0.15) is 5.56 Å². The first-order chi connectivity index (χ1) is 16.8. The molecule has 1 heterocycles. The number of alkyl halides is 3. The first kappa shape index (κ1) is 22.8. The Bertz CT molecular complexity index is 1560. The van der Waals surface area contributed by atoms with Crippen LogP contribution in [-0.2, 0) is 11.0 Å². The maximum Gasteiger partial charge on any atom is 0.417 e. The molecule has 0 bridgehead atoms. The molecule has 0 aliphatic heterocycles. The van der Waals surface area contributed by atoms with Crippen LogP contribution in [0.4, 0.5) is 18.9 Å². The van der Waals surface area contributed by atoms with Crippen LogP contribution in [-0.4, -0.2) is 12.5 Å². The molecule has 4 aromatic carbocycles. The number of halogens is 4. The number of fused-ring (bicyclic) bond motifs is 3. The average molecular weight is 496 g/mol. The predicted octanol–water partition coefficient (Wildman–Crippen LogP) is 7.94. The highest BCUT2D eigenvalue weighted by Crippen LogP contribution is 2.37. The van der Waals surface area contributed by atoms with Gasteiger partial charge in [-0.2, -0.15) is 13.2 Å². The largest absolute Gasteiger partial charge is 0.484 e. The topological polar surface area (TPSA) is 51.5 Å². The highest BCUT2D eigenvalue weighted by molar-refractivity contribution is 6.31. The lowest BCUT2D eigenvalue weighted by Gasteiger charge is -2.12. The quantitative estimate of drug-likeness (QED) is 0.269. The van der Waals surface area contributed by atoms with Crippen LogP contribution >= 0.6 is 11.6 Å². The summed E-state index contributed by atoms with van der Waals surface area (Å²) in [5.74, 6) is -0.178. The SMILES string of the molecule is O=C(COc1cccc(-c2cccc3c2oc2ccccc23)c1)Nc1ccc(Cl)c(C(F)(F)F)c1. The number of rotatable bonds is 5. The van der Waals surface area contributed by atoms with Gasteiger partial charge in [-0.05, 0) is 42.0 Å². The molecular formula is C27H17ClF3NO3. The van der Waals surface area contributed by atoms with Crippen molar-refractivity contribution in [2.45, 2.75) is 6.18 Å². The van der Waals surface area contributed by atoms with Crippen LogP contribution in [0.5, 0.6) is 5.75 Å². The number of carbonyl (C=O) groups excluding carboxylic acids is 1. The molecule has 0 aliphatic rings. The minimum Gasteiger partial charge on any atom is -0.484 e. The fourth-order valence-electron chi connectivity index (χ4n) is 3.89. The molecule has 4 nitrogen and oxygen atoms in total. The molecule has 1 N–H and O–H groups in total. The fraction of sp³-hybridized carbons (Fsp3) is 0.0741. The van der Waals surface area contributed by atoms with Crippen molar-refractivity contribution >= 4 is 45.1 Å². The van der Waals surface area contributed by atoms with Gasteiger partial charge >= 0.3 is 6.18 Å². The molecule has 5 aromatic rings. The van der Waals surface area contributed by atoms with Gasteiger partial charge in [0.25, 0.3) is 5.91 Å². The molecule has 0 atom stereocenters. The van der Waals surface area contributed by atoms with Crippen LogP contribution in [0.25, 0.3) is 33.1 Å². The van der Waals surface area contributed by atoms with Crippen LogP contribution < -0.4 is 10.1 Å². The number of para-hydroxylation sites is 2. The molecule has 0 unspecified atom stereocenters. The molecule has 5 rings (SSSR count). The monoisotopic (exact) mass is 495 g/mol. The zero-order valence-corrected chi connectivity index (χ0v) is 18.8. The molecule has 8 heteroatoms. The number of benzene rings is 4. The van der Waals surface area contributed by atoms with Crippen molar-refractivity contribution in [1.29, 1.82) is 0 Å². The number of amides is 1. The van der Waals surface area contributed by atoms with Gasteiger partial charge in [-0.15, -0.1) is 0 Å². The Hall–Kier alpha value is -3.97. The van der Waals surface area contributed by atoms with Crippen LogP contribution in [0.15, 0.2) is 89.3 Å². The number of ether oxygens (including phenoxy) is 1. The minimum absolute atomic E-state index is 0.0272. The average Bonchev–Trinajstić information content (AvgIpc) is 3.22. The smallest absolute Gasteiger partial charge is 0.417 e. The van der Waals surface area contributed by atoms with E-state index in [2.05, 4.69) is 5.32 Å². The van der Waals surface area contributed by atoms with Gasteiger partial charge in [0.15, 0.2) is 6.61 Å². The summed E-state index contributed by atoms with van der Waals surface area (Å²) in [4.78, 5) is 12.3. The van der Waals surface area contributed by atoms with Gasteiger partial charge in [0.2, 0.25) is 0 Å². The van der Waals surface area contributed by atoms with E-state index in [9.17, 15) is 18.0 Å². The minimum atomic E-state index is -4.63. The van der Waals surface area contributed by atoms with Crippen molar-refractivity contribution in [2.75, 3.05) is 11.9 Å². The predicted molar refractivity (Wildman–Crippen MR) is 130 cm³/mol. The Morgan fingerprint density at radius 3 is 2.51 bits per heavy atom. The first-order valence-corrected chi connectivity index (χ1v) is 11.0. The number of hydrogen-bond acceptors (Lipinski definition) is 3. The van der Waals surface area contributed by atoms with E-state index < -0.39 is 22.7 Å². The van der Waals surface area contributed by atoms with Gasteiger partial charge in [0.05, 0.1) is 10.6 Å². The molecule has 0 spiro atoms. The Morgan fingerprint density at radius 1 is 0.914 bits per heavy atom. The zero-order valence-electron chi connectivity index (χ0n) is 18.0. The Morgan fingerprint density at radius 2 is 1.69 bits per heavy atom. The summed E-state index contributed by atoms with van der Waals surface area (Å²) in [6.07, 6.45) is -4.63. The second kappa shape index (κ2) is 9.00. The third-order valence-electron chi connectivity index (χ3n) is 5.47. The number of hydrogen-bond donors (Lipinski definition) is 1. The van der Waals surface area contributed by atoms with Gasteiger partial charge in [-0.25, -0.2) is 0 Å². The van der Waals surface area contributed by atoms with Crippen molar-refractivity contribution in [3.05, 3.63) is 95.5 Å². The third kappa shape index (κ3) is 4.68. The first-order valence-electron chi connectivity index (χ1n) is 10.6. The van der Waals surface area contributed by atoms with Gasteiger partial charge in [0.1, 0.15) is 16.9 Å². The number of nitrogens with one attached hydrogen (secondary N) is 1. The van der Waals surface area contributed by atoms with E-state index in [0.29, 0.717) is 5.75 Å². The van der Waals surface area contributed by atoms with Crippen molar-refractivity contribution in [3.63, 3.8) is 0 Å². The van der Waals surface area contributed by atoms with E-state index in [4.69, 9.17) is 20.8 Å². The standard InChI is InChI=1S/C27H17ClF3NO3/c28-23-12-11-17(14-22(23)27(29,30)31)32-25(33)15-34-18-6-3-5-16(13-18)19-8-4-9-21-20-7-1-2-10-24(20)35-26(19)21/h1-14H,15H2,(H,32,33). The Balaban J connectivity index is 1.33. The maximum atomic E-state index is 13.0. The molecule has 0 fully saturated rings. The molecule has 1 amide bonds. The maximum absolute atomic E-state index is 13.0. The number of anilines is 1. The fourth-order valence-corrected chi connectivity index (χ4v) is 4.12. The summed E-state index contributed by atoms with van der Waals surface area (Å²) in [5, 5.41) is 3.97.